The fourth-order valence-electron chi connectivity index (χ4n) is 1.53. The Kier molecular flexibility index (Phi) is 5.67. The molecule has 0 fully saturated rings. The fourth-order valence-corrected chi connectivity index (χ4v) is 1.65. The Morgan fingerprint density at radius 1 is 1.50 bits per heavy atom. The summed E-state index contributed by atoms with van der Waals surface area (Å²) >= 11 is 4.82. The third-order valence-electron chi connectivity index (χ3n) is 2.42. The number of carbonyl (C=O) groups is 1. The molecule has 0 unspecified atom stereocenters. The van der Waals surface area contributed by atoms with Crippen LogP contribution in [-0.4, -0.2) is 45.6 Å². The molecule has 0 saturated heterocycles. The maximum atomic E-state index is 12.1. The number of thiocarbonyl (C=S) groups is 1. The second kappa shape index (κ2) is 7.03. The minimum Gasteiger partial charge on any atom is -0.395 e. The maximum Gasteiger partial charge on any atom is 0.272 e. The number of carbonyl (C=O) groups excluding carboxylic acids is 1. The van der Waals surface area contributed by atoms with Gasteiger partial charge in [-0.25, -0.2) is 0 Å². The van der Waals surface area contributed by atoms with Crippen LogP contribution in [0.4, 0.5) is 0 Å². The van der Waals surface area contributed by atoms with Gasteiger partial charge in [-0.1, -0.05) is 19.1 Å². The number of pyridine rings is 1. The van der Waals surface area contributed by atoms with Crippen molar-refractivity contribution in [2.45, 2.75) is 13.3 Å². The van der Waals surface area contributed by atoms with Crippen LogP contribution in [0.2, 0.25) is 0 Å². The van der Waals surface area contributed by atoms with Gasteiger partial charge < -0.3 is 15.7 Å². The van der Waals surface area contributed by atoms with Gasteiger partial charge in [0.15, 0.2) is 0 Å². The van der Waals surface area contributed by atoms with Crippen LogP contribution in [-0.2, 0) is 0 Å². The quantitative estimate of drug-likeness (QED) is 0.736. The third-order valence-corrected chi connectivity index (χ3v) is 2.65. The molecule has 0 aliphatic heterocycles. The average Bonchev–Trinajstić information content (AvgIpc) is 2.38. The summed E-state index contributed by atoms with van der Waals surface area (Å²) in [5, 5.41) is 8.93. The van der Waals surface area contributed by atoms with Gasteiger partial charge in [-0.2, -0.15) is 0 Å². The Bertz CT molecular complexity index is 414. The van der Waals surface area contributed by atoms with E-state index in [0.717, 1.165) is 6.42 Å². The smallest absolute Gasteiger partial charge is 0.272 e. The Morgan fingerprint density at radius 2 is 2.22 bits per heavy atom. The molecular formula is C12H17N3O2S. The Labute approximate surface area is 112 Å². The largest absolute Gasteiger partial charge is 0.395 e. The number of hydrogen-bond donors (Lipinski definition) is 2. The number of aliphatic hydroxyl groups is 1. The van der Waals surface area contributed by atoms with E-state index in [1.54, 1.807) is 17.0 Å². The van der Waals surface area contributed by atoms with Gasteiger partial charge in [0.1, 0.15) is 10.7 Å². The van der Waals surface area contributed by atoms with E-state index in [4.69, 9.17) is 23.1 Å². The first kappa shape index (κ1) is 14.5. The summed E-state index contributed by atoms with van der Waals surface area (Å²) in [5.74, 6) is -0.194. The molecule has 0 bridgehead atoms. The fraction of sp³-hybridized carbons (Fsp3) is 0.417. The molecule has 3 N–H and O–H groups in total. The molecular weight excluding hydrogens is 250 g/mol. The van der Waals surface area contributed by atoms with Crippen molar-refractivity contribution in [2.75, 3.05) is 19.7 Å². The molecule has 0 aromatic carbocycles. The molecule has 0 spiro atoms. The highest BCUT2D eigenvalue weighted by atomic mass is 32.1. The van der Waals surface area contributed by atoms with Gasteiger partial charge in [0, 0.05) is 24.8 Å². The number of aliphatic hydroxyl groups excluding tert-OH is 1. The topological polar surface area (TPSA) is 79.5 Å². The molecule has 1 amide bonds. The molecule has 5 nitrogen and oxygen atoms in total. The van der Waals surface area contributed by atoms with Crippen LogP contribution in [0.1, 0.15) is 29.4 Å². The van der Waals surface area contributed by atoms with Crippen molar-refractivity contribution in [2.24, 2.45) is 5.73 Å². The van der Waals surface area contributed by atoms with Gasteiger partial charge in [-0.05, 0) is 18.6 Å². The molecule has 6 heteroatoms. The van der Waals surface area contributed by atoms with E-state index in [0.29, 0.717) is 24.3 Å². The monoisotopic (exact) mass is 267 g/mol. The molecule has 0 aliphatic carbocycles. The summed E-state index contributed by atoms with van der Waals surface area (Å²) in [7, 11) is 0. The van der Waals surface area contributed by atoms with E-state index in [1.165, 1.54) is 6.20 Å². The predicted molar refractivity (Wildman–Crippen MR) is 73.4 cm³/mol. The van der Waals surface area contributed by atoms with Gasteiger partial charge in [-0.15, -0.1) is 0 Å². The first-order valence-electron chi connectivity index (χ1n) is 5.76. The van der Waals surface area contributed by atoms with E-state index < -0.39 is 0 Å². The molecule has 0 radical (unpaired) electrons. The highest BCUT2D eigenvalue weighted by Gasteiger charge is 2.15. The molecule has 1 aromatic rings. The van der Waals surface area contributed by atoms with Crippen molar-refractivity contribution >= 4 is 23.1 Å². The predicted octanol–water partition coefficient (Wildman–Crippen LogP) is 0.560. The number of aromatic nitrogens is 1. The second-order valence-electron chi connectivity index (χ2n) is 3.81. The van der Waals surface area contributed by atoms with Gasteiger partial charge in [0.05, 0.1) is 6.61 Å². The minimum absolute atomic E-state index is 0.0588. The van der Waals surface area contributed by atoms with Crippen molar-refractivity contribution in [1.29, 1.82) is 0 Å². The number of rotatable bonds is 6. The lowest BCUT2D eigenvalue weighted by atomic mass is 10.2. The lowest BCUT2D eigenvalue weighted by Crippen LogP contribution is -2.34. The van der Waals surface area contributed by atoms with Crippen molar-refractivity contribution in [3.05, 3.63) is 29.6 Å². The van der Waals surface area contributed by atoms with Crippen molar-refractivity contribution in [1.82, 2.24) is 9.88 Å². The molecule has 1 aromatic heterocycles. The lowest BCUT2D eigenvalue weighted by Gasteiger charge is -2.20. The summed E-state index contributed by atoms with van der Waals surface area (Å²) in [6.45, 7) is 2.82. The summed E-state index contributed by atoms with van der Waals surface area (Å²) in [5.41, 5.74) is 6.42. The standard InChI is InChI=1S/C12H17N3O2S/c1-2-5-15(6-7-16)12(17)10-4-3-9(8-14-10)11(13)18/h3-4,8,16H,2,5-7H2,1H3,(H2,13,18). The van der Waals surface area contributed by atoms with Gasteiger partial charge >= 0.3 is 0 Å². The summed E-state index contributed by atoms with van der Waals surface area (Å²) in [6, 6.07) is 3.27. The summed E-state index contributed by atoms with van der Waals surface area (Å²) in [4.78, 5) is 18.0. The normalized spacial score (nSPS) is 10.1. The number of nitrogens with two attached hydrogens (primary N) is 1. The van der Waals surface area contributed by atoms with E-state index in [-0.39, 0.29) is 17.5 Å². The van der Waals surface area contributed by atoms with Crippen LogP contribution < -0.4 is 5.73 Å². The SMILES string of the molecule is CCCN(CCO)C(=O)c1ccc(C(N)=S)cn1. The van der Waals surface area contributed by atoms with Crippen LogP contribution in [0, 0.1) is 0 Å². The Balaban J connectivity index is 2.84. The first-order valence-corrected chi connectivity index (χ1v) is 6.17. The molecule has 0 saturated carbocycles. The van der Waals surface area contributed by atoms with Crippen LogP contribution in [0.15, 0.2) is 18.3 Å². The average molecular weight is 267 g/mol. The van der Waals surface area contributed by atoms with Gasteiger partial charge in [0.2, 0.25) is 0 Å². The molecule has 18 heavy (non-hydrogen) atoms. The van der Waals surface area contributed by atoms with E-state index in [2.05, 4.69) is 4.98 Å². The second-order valence-corrected chi connectivity index (χ2v) is 4.25. The maximum absolute atomic E-state index is 12.1. The van der Waals surface area contributed by atoms with Crippen LogP contribution in [0.5, 0.6) is 0 Å². The van der Waals surface area contributed by atoms with E-state index in [1.807, 2.05) is 6.92 Å². The number of nitrogens with zero attached hydrogens (tertiary/aromatic N) is 2. The lowest BCUT2D eigenvalue weighted by molar-refractivity contribution is 0.0716. The van der Waals surface area contributed by atoms with Crippen molar-refractivity contribution < 1.29 is 9.90 Å². The zero-order valence-corrected chi connectivity index (χ0v) is 11.1. The van der Waals surface area contributed by atoms with Crippen LogP contribution >= 0.6 is 12.2 Å². The number of hydrogen-bond acceptors (Lipinski definition) is 4. The highest BCUT2D eigenvalue weighted by molar-refractivity contribution is 7.80. The zero-order valence-electron chi connectivity index (χ0n) is 10.3. The summed E-state index contributed by atoms with van der Waals surface area (Å²) in [6.07, 6.45) is 2.31. The molecule has 1 heterocycles. The van der Waals surface area contributed by atoms with Gasteiger partial charge in [-0.3, -0.25) is 9.78 Å². The third kappa shape index (κ3) is 3.75. The minimum atomic E-state index is -0.194. The summed E-state index contributed by atoms with van der Waals surface area (Å²) < 4.78 is 0. The number of amides is 1. The molecule has 0 atom stereocenters. The van der Waals surface area contributed by atoms with Crippen LogP contribution in [0.25, 0.3) is 0 Å². The van der Waals surface area contributed by atoms with E-state index >= 15 is 0 Å². The molecule has 0 aliphatic rings. The zero-order chi connectivity index (χ0) is 13.5. The Morgan fingerprint density at radius 3 is 2.67 bits per heavy atom. The van der Waals surface area contributed by atoms with Gasteiger partial charge in [0.25, 0.3) is 5.91 Å². The van der Waals surface area contributed by atoms with Crippen molar-refractivity contribution in [3.8, 4) is 0 Å². The first-order chi connectivity index (χ1) is 8.60. The van der Waals surface area contributed by atoms with Crippen molar-refractivity contribution in [3.63, 3.8) is 0 Å². The highest BCUT2D eigenvalue weighted by Crippen LogP contribution is 2.05. The molecule has 1 rings (SSSR count). The van der Waals surface area contributed by atoms with E-state index in [9.17, 15) is 4.79 Å². The Hall–Kier alpha value is -1.53. The van der Waals surface area contributed by atoms with Crippen LogP contribution in [0.3, 0.4) is 0 Å². The molecule has 98 valence electrons.